The van der Waals surface area contributed by atoms with Gasteiger partial charge in [-0.1, -0.05) is 23.7 Å². The molecule has 110 valence electrons. The van der Waals surface area contributed by atoms with Gasteiger partial charge >= 0.3 is 6.03 Å². The second-order valence-corrected chi connectivity index (χ2v) is 6.56. The number of likely N-dealkylation sites (N-methyl/N-ethyl adjacent to an activating group) is 1. The molecular weight excluding hydrogens is 276 g/mol. The number of amides is 2. The van der Waals surface area contributed by atoms with Gasteiger partial charge in [0.25, 0.3) is 0 Å². The summed E-state index contributed by atoms with van der Waals surface area (Å²) in [5, 5.41) is 13.4. The van der Waals surface area contributed by atoms with E-state index in [0.29, 0.717) is 12.5 Å². The average molecular weight is 297 g/mol. The predicted octanol–water partition coefficient (Wildman–Crippen LogP) is 2.61. The maximum absolute atomic E-state index is 12.0. The molecule has 1 fully saturated rings. The molecule has 1 aromatic carbocycles. The molecule has 0 radical (unpaired) electrons. The lowest BCUT2D eigenvalue weighted by atomic mass is 10.1. The fourth-order valence-electron chi connectivity index (χ4n) is 2.38. The van der Waals surface area contributed by atoms with Crippen LogP contribution in [0, 0.1) is 0 Å². The molecule has 1 aromatic rings. The highest BCUT2D eigenvalue weighted by Gasteiger charge is 2.40. The fourth-order valence-corrected chi connectivity index (χ4v) is 2.58. The van der Waals surface area contributed by atoms with Crippen molar-refractivity contribution in [1.82, 2.24) is 10.2 Å². The van der Waals surface area contributed by atoms with Crippen LogP contribution in [0.3, 0.4) is 0 Å². The Labute approximate surface area is 124 Å². The SMILES string of the molecule is CN(CC(C)(C)O)C(=O)NC1CC1c1cccc(Cl)c1. The van der Waals surface area contributed by atoms with E-state index in [0.717, 1.165) is 17.0 Å². The monoisotopic (exact) mass is 296 g/mol. The lowest BCUT2D eigenvalue weighted by Gasteiger charge is -2.25. The van der Waals surface area contributed by atoms with Gasteiger partial charge in [-0.05, 0) is 38.0 Å². The smallest absolute Gasteiger partial charge is 0.317 e. The first-order valence-electron chi connectivity index (χ1n) is 6.76. The van der Waals surface area contributed by atoms with Gasteiger partial charge < -0.3 is 15.3 Å². The van der Waals surface area contributed by atoms with Gasteiger partial charge in [-0.25, -0.2) is 4.79 Å². The van der Waals surface area contributed by atoms with Crippen LogP contribution in [0.15, 0.2) is 24.3 Å². The van der Waals surface area contributed by atoms with Crippen LogP contribution in [-0.4, -0.2) is 41.3 Å². The Morgan fingerprint density at radius 1 is 1.55 bits per heavy atom. The first-order valence-corrected chi connectivity index (χ1v) is 7.13. The summed E-state index contributed by atoms with van der Waals surface area (Å²) in [5.74, 6) is 0.341. The van der Waals surface area contributed by atoms with Gasteiger partial charge in [0.1, 0.15) is 0 Å². The molecule has 0 aliphatic heterocycles. The lowest BCUT2D eigenvalue weighted by Crippen LogP contribution is -2.45. The molecule has 2 atom stereocenters. The highest BCUT2D eigenvalue weighted by molar-refractivity contribution is 6.30. The van der Waals surface area contributed by atoms with Crippen molar-refractivity contribution in [2.24, 2.45) is 0 Å². The van der Waals surface area contributed by atoms with E-state index >= 15 is 0 Å². The number of carbonyl (C=O) groups is 1. The van der Waals surface area contributed by atoms with Crippen molar-refractivity contribution in [3.05, 3.63) is 34.9 Å². The number of carbonyl (C=O) groups excluding carboxylic acids is 1. The van der Waals surface area contributed by atoms with E-state index in [9.17, 15) is 9.90 Å². The zero-order valence-corrected chi connectivity index (χ0v) is 12.8. The third-order valence-electron chi connectivity index (χ3n) is 3.35. The second-order valence-electron chi connectivity index (χ2n) is 6.12. The molecule has 5 heteroatoms. The summed E-state index contributed by atoms with van der Waals surface area (Å²) >= 11 is 5.97. The minimum Gasteiger partial charge on any atom is -0.389 e. The fraction of sp³-hybridized carbons (Fsp3) is 0.533. The zero-order chi connectivity index (χ0) is 14.9. The van der Waals surface area contributed by atoms with Crippen LogP contribution in [0.1, 0.15) is 31.7 Å². The molecule has 1 aliphatic rings. The van der Waals surface area contributed by atoms with E-state index in [4.69, 9.17) is 11.6 Å². The molecule has 0 heterocycles. The number of benzene rings is 1. The molecule has 1 saturated carbocycles. The standard InChI is InChI=1S/C15H21ClN2O2/c1-15(2,20)9-18(3)14(19)17-13-8-12(13)10-5-4-6-11(16)7-10/h4-7,12-13,20H,8-9H2,1-3H3,(H,17,19). The summed E-state index contributed by atoms with van der Waals surface area (Å²) in [7, 11) is 1.68. The van der Waals surface area contributed by atoms with Crippen molar-refractivity contribution in [2.45, 2.75) is 37.8 Å². The number of aliphatic hydroxyl groups is 1. The molecule has 0 aromatic heterocycles. The normalized spacial score (nSPS) is 21.4. The van der Waals surface area contributed by atoms with Crippen molar-refractivity contribution in [2.75, 3.05) is 13.6 Å². The quantitative estimate of drug-likeness (QED) is 0.897. The summed E-state index contributed by atoms with van der Waals surface area (Å²) in [6, 6.07) is 7.75. The maximum Gasteiger partial charge on any atom is 0.317 e. The summed E-state index contributed by atoms with van der Waals surface area (Å²) < 4.78 is 0. The molecule has 2 amide bonds. The van der Waals surface area contributed by atoms with Crippen molar-refractivity contribution >= 4 is 17.6 Å². The van der Waals surface area contributed by atoms with Crippen LogP contribution in [-0.2, 0) is 0 Å². The summed E-state index contributed by atoms with van der Waals surface area (Å²) in [6.45, 7) is 3.67. The van der Waals surface area contributed by atoms with Crippen molar-refractivity contribution in [1.29, 1.82) is 0 Å². The van der Waals surface area contributed by atoms with Gasteiger partial charge in [0.05, 0.1) is 12.1 Å². The lowest BCUT2D eigenvalue weighted by molar-refractivity contribution is 0.0531. The van der Waals surface area contributed by atoms with Crippen LogP contribution in [0.25, 0.3) is 0 Å². The summed E-state index contributed by atoms with van der Waals surface area (Å²) in [6.07, 6.45) is 0.933. The van der Waals surface area contributed by atoms with E-state index in [2.05, 4.69) is 5.32 Å². The van der Waals surface area contributed by atoms with Crippen molar-refractivity contribution < 1.29 is 9.90 Å². The molecular formula is C15H21ClN2O2. The van der Waals surface area contributed by atoms with E-state index in [-0.39, 0.29) is 12.1 Å². The highest BCUT2D eigenvalue weighted by atomic mass is 35.5. The van der Waals surface area contributed by atoms with Crippen LogP contribution in [0.4, 0.5) is 4.79 Å². The Morgan fingerprint density at radius 2 is 2.25 bits per heavy atom. The molecule has 0 saturated heterocycles. The molecule has 0 bridgehead atoms. The van der Waals surface area contributed by atoms with Crippen LogP contribution >= 0.6 is 11.6 Å². The Bertz CT molecular complexity index is 499. The van der Waals surface area contributed by atoms with Crippen LogP contribution in [0.5, 0.6) is 0 Å². The maximum atomic E-state index is 12.0. The number of nitrogens with one attached hydrogen (secondary N) is 1. The Kier molecular flexibility index (Phi) is 4.25. The Hall–Kier alpha value is -1.26. The van der Waals surface area contributed by atoms with Crippen molar-refractivity contribution in [3.63, 3.8) is 0 Å². The number of urea groups is 1. The van der Waals surface area contributed by atoms with E-state index < -0.39 is 5.60 Å². The van der Waals surface area contributed by atoms with E-state index in [1.807, 2.05) is 24.3 Å². The highest BCUT2D eigenvalue weighted by Crippen LogP contribution is 2.41. The number of halogens is 1. The first kappa shape index (κ1) is 15.1. The van der Waals surface area contributed by atoms with Gasteiger partial charge in [-0.3, -0.25) is 0 Å². The third kappa shape index (κ3) is 4.12. The molecule has 0 spiro atoms. The van der Waals surface area contributed by atoms with E-state index in [1.54, 1.807) is 20.9 Å². The van der Waals surface area contributed by atoms with Crippen LogP contribution < -0.4 is 5.32 Å². The summed E-state index contributed by atoms with van der Waals surface area (Å²) in [4.78, 5) is 13.5. The van der Waals surface area contributed by atoms with Crippen LogP contribution in [0.2, 0.25) is 5.02 Å². The number of rotatable bonds is 4. The summed E-state index contributed by atoms with van der Waals surface area (Å²) in [5.41, 5.74) is 0.273. The Balaban J connectivity index is 1.86. The molecule has 2 unspecified atom stereocenters. The molecule has 1 aliphatic carbocycles. The third-order valence-corrected chi connectivity index (χ3v) is 3.58. The van der Waals surface area contributed by atoms with Crippen molar-refractivity contribution in [3.8, 4) is 0 Å². The van der Waals surface area contributed by atoms with E-state index in [1.165, 1.54) is 4.90 Å². The van der Waals surface area contributed by atoms with Gasteiger partial charge in [-0.2, -0.15) is 0 Å². The average Bonchev–Trinajstić information content (AvgIpc) is 3.06. The predicted molar refractivity (Wildman–Crippen MR) is 80.1 cm³/mol. The first-order chi connectivity index (χ1) is 9.26. The van der Waals surface area contributed by atoms with Gasteiger partial charge in [0, 0.05) is 24.0 Å². The topological polar surface area (TPSA) is 52.6 Å². The zero-order valence-electron chi connectivity index (χ0n) is 12.1. The molecule has 2 N–H and O–H groups in total. The molecule has 4 nitrogen and oxygen atoms in total. The second kappa shape index (κ2) is 5.62. The minimum absolute atomic E-state index is 0.151. The number of nitrogens with zero attached hydrogens (tertiary/aromatic N) is 1. The number of hydrogen-bond donors (Lipinski definition) is 2. The van der Waals surface area contributed by atoms with Gasteiger partial charge in [0.2, 0.25) is 0 Å². The van der Waals surface area contributed by atoms with Gasteiger partial charge in [0.15, 0.2) is 0 Å². The molecule has 20 heavy (non-hydrogen) atoms. The largest absolute Gasteiger partial charge is 0.389 e. The molecule has 2 rings (SSSR count). The Morgan fingerprint density at radius 3 is 2.85 bits per heavy atom. The van der Waals surface area contributed by atoms with Gasteiger partial charge in [-0.15, -0.1) is 0 Å². The number of hydrogen-bond acceptors (Lipinski definition) is 2. The minimum atomic E-state index is -0.887.